The number of morpholine rings is 2. The summed E-state index contributed by atoms with van der Waals surface area (Å²) in [6.45, 7) is 7.85. The van der Waals surface area contributed by atoms with E-state index in [1.54, 1.807) is 6.20 Å². The number of hydrogen-bond donors (Lipinski definition) is 0. The second kappa shape index (κ2) is 8.25. The van der Waals surface area contributed by atoms with Gasteiger partial charge in [0.1, 0.15) is 11.4 Å². The monoisotopic (exact) mass is 336 g/mol. The van der Waals surface area contributed by atoms with Gasteiger partial charge in [-0.1, -0.05) is 6.92 Å². The number of esters is 1. The Labute approximate surface area is 141 Å². The van der Waals surface area contributed by atoms with Gasteiger partial charge in [0.05, 0.1) is 33.0 Å². The fourth-order valence-corrected chi connectivity index (χ4v) is 2.71. The van der Waals surface area contributed by atoms with Gasteiger partial charge in [0.15, 0.2) is 0 Å². The third-order valence-corrected chi connectivity index (χ3v) is 4.02. The summed E-state index contributed by atoms with van der Waals surface area (Å²) >= 11 is 0. The van der Waals surface area contributed by atoms with Gasteiger partial charge in [0.25, 0.3) is 0 Å². The van der Waals surface area contributed by atoms with Crippen LogP contribution in [-0.2, 0) is 14.2 Å². The van der Waals surface area contributed by atoms with Crippen LogP contribution in [0.1, 0.15) is 23.7 Å². The van der Waals surface area contributed by atoms with Crippen LogP contribution < -0.4 is 9.80 Å². The van der Waals surface area contributed by atoms with Crippen LogP contribution in [0, 0.1) is 0 Å². The highest BCUT2D eigenvalue weighted by Gasteiger charge is 2.24. The molecule has 0 unspecified atom stereocenters. The van der Waals surface area contributed by atoms with E-state index in [-0.39, 0.29) is 5.97 Å². The van der Waals surface area contributed by atoms with Gasteiger partial charge in [-0.05, 0) is 6.42 Å². The summed E-state index contributed by atoms with van der Waals surface area (Å²) in [5, 5.41) is 0. The smallest absolute Gasteiger partial charge is 0.343 e. The second-order valence-corrected chi connectivity index (χ2v) is 5.74. The first-order valence-corrected chi connectivity index (χ1v) is 8.49. The first-order valence-electron chi connectivity index (χ1n) is 8.49. The predicted octanol–water partition coefficient (Wildman–Crippen LogP) is 0.717. The molecule has 2 fully saturated rings. The van der Waals surface area contributed by atoms with Crippen molar-refractivity contribution >= 4 is 17.7 Å². The number of hydrogen-bond acceptors (Lipinski definition) is 8. The van der Waals surface area contributed by atoms with Crippen LogP contribution in [0.25, 0.3) is 0 Å². The summed E-state index contributed by atoms with van der Waals surface area (Å²) in [5.74, 6) is 0.898. The molecule has 0 bridgehead atoms. The quantitative estimate of drug-likeness (QED) is 0.728. The highest BCUT2D eigenvalue weighted by atomic mass is 16.5. The third-order valence-electron chi connectivity index (χ3n) is 4.02. The van der Waals surface area contributed by atoms with Gasteiger partial charge in [-0.2, -0.15) is 4.98 Å². The van der Waals surface area contributed by atoms with Crippen molar-refractivity contribution in [2.24, 2.45) is 0 Å². The number of ether oxygens (including phenoxy) is 3. The zero-order valence-electron chi connectivity index (χ0n) is 14.1. The van der Waals surface area contributed by atoms with Crippen LogP contribution in [-0.4, -0.2) is 75.2 Å². The fourth-order valence-electron chi connectivity index (χ4n) is 2.71. The van der Waals surface area contributed by atoms with Crippen LogP contribution in [0.5, 0.6) is 0 Å². The molecule has 3 rings (SSSR count). The van der Waals surface area contributed by atoms with E-state index in [9.17, 15) is 4.79 Å². The van der Waals surface area contributed by atoms with Crippen molar-refractivity contribution in [3.63, 3.8) is 0 Å². The van der Waals surface area contributed by atoms with Gasteiger partial charge in [-0.25, -0.2) is 9.78 Å². The summed E-state index contributed by atoms with van der Waals surface area (Å²) in [4.78, 5) is 25.6. The molecule has 2 aliphatic rings. The van der Waals surface area contributed by atoms with Gasteiger partial charge in [-0.15, -0.1) is 0 Å². The number of carbonyl (C=O) groups is 1. The first kappa shape index (κ1) is 16.9. The number of rotatable bonds is 5. The Morgan fingerprint density at radius 3 is 2.38 bits per heavy atom. The van der Waals surface area contributed by atoms with E-state index in [0.29, 0.717) is 63.5 Å². The average molecular weight is 336 g/mol. The van der Waals surface area contributed by atoms with E-state index < -0.39 is 0 Å². The predicted molar refractivity (Wildman–Crippen MR) is 88.7 cm³/mol. The molecule has 1 aromatic rings. The minimum absolute atomic E-state index is 0.369. The number of nitrogens with zero attached hydrogens (tertiary/aromatic N) is 4. The molecule has 0 N–H and O–H groups in total. The van der Waals surface area contributed by atoms with Crippen molar-refractivity contribution in [2.45, 2.75) is 13.3 Å². The van der Waals surface area contributed by atoms with Crippen molar-refractivity contribution in [1.29, 1.82) is 0 Å². The maximum Gasteiger partial charge on any atom is 0.343 e. The van der Waals surface area contributed by atoms with Crippen LogP contribution in [0.2, 0.25) is 0 Å². The second-order valence-electron chi connectivity index (χ2n) is 5.74. The van der Waals surface area contributed by atoms with Crippen LogP contribution >= 0.6 is 0 Å². The molecular formula is C16H24N4O4. The molecule has 0 radical (unpaired) electrons. The molecule has 8 heteroatoms. The summed E-state index contributed by atoms with van der Waals surface area (Å²) in [5.41, 5.74) is 0.419. The van der Waals surface area contributed by atoms with Gasteiger partial charge in [0.2, 0.25) is 5.95 Å². The minimum atomic E-state index is -0.369. The molecule has 3 heterocycles. The molecule has 2 saturated heterocycles. The Bertz CT molecular complexity index is 557. The number of carbonyl (C=O) groups excluding carboxylic acids is 1. The van der Waals surface area contributed by atoms with Gasteiger partial charge in [0, 0.05) is 32.4 Å². The molecule has 24 heavy (non-hydrogen) atoms. The zero-order valence-corrected chi connectivity index (χ0v) is 14.1. The SMILES string of the molecule is CCCOC(=O)c1cnc(N2CCOCC2)nc1N1CCOCC1. The standard InChI is InChI=1S/C16H24N4O4/c1-2-7-24-15(21)13-12-17-16(20-5-10-23-11-6-20)18-14(13)19-3-8-22-9-4-19/h12H,2-11H2,1H3. The highest BCUT2D eigenvalue weighted by molar-refractivity contribution is 5.94. The Morgan fingerprint density at radius 1 is 1.12 bits per heavy atom. The Morgan fingerprint density at radius 2 is 1.75 bits per heavy atom. The number of aromatic nitrogens is 2. The maximum atomic E-state index is 12.4. The van der Waals surface area contributed by atoms with Crippen molar-refractivity contribution in [3.8, 4) is 0 Å². The van der Waals surface area contributed by atoms with Crippen molar-refractivity contribution in [1.82, 2.24) is 9.97 Å². The summed E-state index contributed by atoms with van der Waals surface area (Å²) < 4.78 is 16.1. The summed E-state index contributed by atoms with van der Waals surface area (Å²) in [7, 11) is 0. The Hall–Kier alpha value is -1.93. The van der Waals surface area contributed by atoms with E-state index >= 15 is 0 Å². The molecular weight excluding hydrogens is 312 g/mol. The molecule has 0 aromatic carbocycles. The lowest BCUT2D eigenvalue weighted by Gasteiger charge is -2.31. The number of anilines is 2. The van der Waals surface area contributed by atoms with Gasteiger partial charge < -0.3 is 24.0 Å². The van der Waals surface area contributed by atoms with E-state index in [0.717, 1.165) is 19.5 Å². The molecule has 0 saturated carbocycles. The highest BCUT2D eigenvalue weighted by Crippen LogP contribution is 2.23. The molecule has 0 aliphatic carbocycles. The maximum absolute atomic E-state index is 12.4. The molecule has 2 aliphatic heterocycles. The zero-order chi connectivity index (χ0) is 16.8. The average Bonchev–Trinajstić information content (AvgIpc) is 2.67. The van der Waals surface area contributed by atoms with E-state index in [4.69, 9.17) is 14.2 Å². The van der Waals surface area contributed by atoms with E-state index in [1.165, 1.54) is 0 Å². The molecule has 1 aromatic heterocycles. The fraction of sp³-hybridized carbons (Fsp3) is 0.688. The van der Waals surface area contributed by atoms with E-state index in [2.05, 4.69) is 19.8 Å². The lowest BCUT2D eigenvalue weighted by Crippen LogP contribution is -2.40. The topological polar surface area (TPSA) is 77.0 Å². The van der Waals surface area contributed by atoms with Gasteiger partial charge in [-0.3, -0.25) is 0 Å². The van der Waals surface area contributed by atoms with Gasteiger partial charge >= 0.3 is 5.97 Å². The molecule has 0 spiro atoms. The summed E-state index contributed by atoms with van der Waals surface area (Å²) in [6.07, 6.45) is 2.37. The molecule has 0 atom stereocenters. The first-order chi connectivity index (χ1) is 11.8. The third kappa shape index (κ3) is 3.93. The Balaban J connectivity index is 1.87. The van der Waals surface area contributed by atoms with Crippen molar-refractivity contribution in [2.75, 3.05) is 69.0 Å². The molecule has 132 valence electrons. The van der Waals surface area contributed by atoms with Crippen LogP contribution in [0.15, 0.2) is 6.20 Å². The van der Waals surface area contributed by atoms with Crippen LogP contribution in [0.4, 0.5) is 11.8 Å². The lowest BCUT2D eigenvalue weighted by molar-refractivity contribution is 0.0504. The molecule has 8 nitrogen and oxygen atoms in total. The minimum Gasteiger partial charge on any atom is -0.462 e. The largest absolute Gasteiger partial charge is 0.462 e. The summed E-state index contributed by atoms with van der Waals surface area (Å²) in [6, 6.07) is 0. The normalized spacial score (nSPS) is 18.5. The van der Waals surface area contributed by atoms with Crippen molar-refractivity contribution in [3.05, 3.63) is 11.8 Å². The lowest BCUT2D eigenvalue weighted by atomic mass is 10.2. The Kier molecular flexibility index (Phi) is 5.81. The van der Waals surface area contributed by atoms with Crippen molar-refractivity contribution < 1.29 is 19.0 Å². The van der Waals surface area contributed by atoms with E-state index in [1.807, 2.05) is 6.92 Å². The molecule has 0 amide bonds. The van der Waals surface area contributed by atoms with Crippen LogP contribution in [0.3, 0.4) is 0 Å².